The summed E-state index contributed by atoms with van der Waals surface area (Å²) in [5.41, 5.74) is -0.782. The maximum absolute atomic E-state index is 9.37. The molecule has 102 valence electrons. The van der Waals surface area contributed by atoms with Crippen LogP contribution in [0.15, 0.2) is 24.4 Å². The molecule has 1 unspecified atom stereocenters. The number of nitriles is 1. The molecule has 1 fully saturated rings. The number of rotatable bonds is 4. The van der Waals surface area contributed by atoms with Crippen molar-refractivity contribution in [1.82, 2.24) is 9.88 Å². The van der Waals surface area contributed by atoms with Crippen molar-refractivity contribution in [3.05, 3.63) is 24.4 Å². The van der Waals surface area contributed by atoms with Gasteiger partial charge in [-0.25, -0.2) is 4.98 Å². The summed E-state index contributed by atoms with van der Waals surface area (Å²) in [6.45, 7) is 5.34. The molecule has 0 spiro atoms. The highest BCUT2D eigenvalue weighted by Gasteiger charge is 2.37. The number of piperazine rings is 1. The average molecular weight is 260 g/mol. The third-order valence-corrected chi connectivity index (χ3v) is 3.76. The Labute approximate surface area is 114 Å². The molecule has 1 aliphatic heterocycles. The van der Waals surface area contributed by atoms with E-state index in [9.17, 15) is 5.26 Å². The van der Waals surface area contributed by atoms with Gasteiger partial charge in [-0.2, -0.15) is 5.26 Å². The number of aromatic nitrogens is 1. The number of hydrogen-bond donors (Lipinski definition) is 0. The summed E-state index contributed by atoms with van der Waals surface area (Å²) in [5, 5.41) is 9.37. The van der Waals surface area contributed by atoms with Gasteiger partial charge in [-0.15, -0.1) is 0 Å². The molecular weight excluding hydrogens is 240 g/mol. The lowest BCUT2D eigenvalue weighted by molar-refractivity contribution is -0.0969. The molecule has 1 saturated heterocycles. The fourth-order valence-electron chi connectivity index (χ4n) is 2.53. The van der Waals surface area contributed by atoms with Crippen LogP contribution >= 0.6 is 0 Å². The molecule has 19 heavy (non-hydrogen) atoms. The van der Waals surface area contributed by atoms with Crippen LogP contribution in [0.5, 0.6) is 0 Å². The molecule has 0 radical (unpaired) electrons. The molecule has 0 amide bonds. The van der Waals surface area contributed by atoms with Crippen LogP contribution in [-0.4, -0.2) is 48.9 Å². The van der Waals surface area contributed by atoms with E-state index in [1.54, 1.807) is 7.11 Å². The molecule has 0 saturated carbocycles. The van der Waals surface area contributed by atoms with E-state index in [0.717, 1.165) is 32.0 Å². The predicted molar refractivity (Wildman–Crippen MR) is 73.7 cm³/mol. The van der Waals surface area contributed by atoms with Crippen LogP contribution in [0.1, 0.15) is 13.3 Å². The average Bonchev–Trinajstić information content (AvgIpc) is 2.51. The molecule has 1 aromatic heterocycles. The smallest absolute Gasteiger partial charge is 0.210 e. The van der Waals surface area contributed by atoms with E-state index in [4.69, 9.17) is 4.74 Å². The van der Waals surface area contributed by atoms with Crippen molar-refractivity contribution in [3.8, 4) is 6.07 Å². The standard InChI is InChI=1S/C14H20N4O/c1-3-14(12-15,19-2)18-10-8-17(9-11-18)13-6-4-5-7-16-13/h4-7H,3,8-11H2,1-2H3. The lowest BCUT2D eigenvalue weighted by atomic mass is 10.1. The molecular formula is C14H20N4O. The van der Waals surface area contributed by atoms with Gasteiger partial charge in [-0.05, 0) is 12.1 Å². The maximum atomic E-state index is 9.37. The van der Waals surface area contributed by atoms with Crippen molar-refractivity contribution in [3.63, 3.8) is 0 Å². The molecule has 0 aliphatic carbocycles. The van der Waals surface area contributed by atoms with Crippen molar-refractivity contribution < 1.29 is 4.74 Å². The summed E-state index contributed by atoms with van der Waals surface area (Å²) in [4.78, 5) is 8.72. The number of anilines is 1. The Morgan fingerprint density at radius 3 is 2.58 bits per heavy atom. The predicted octanol–water partition coefficient (Wildman–Crippen LogP) is 1.48. The van der Waals surface area contributed by atoms with Gasteiger partial charge in [-0.3, -0.25) is 4.90 Å². The van der Waals surface area contributed by atoms with Gasteiger partial charge in [0.1, 0.15) is 11.9 Å². The van der Waals surface area contributed by atoms with Gasteiger partial charge >= 0.3 is 0 Å². The van der Waals surface area contributed by atoms with Crippen LogP contribution in [-0.2, 0) is 4.74 Å². The second-order valence-corrected chi connectivity index (χ2v) is 4.62. The number of methoxy groups -OCH3 is 1. The van der Waals surface area contributed by atoms with Gasteiger partial charge in [0.2, 0.25) is 5.72 Å². The summed E-state index contributed by atoms with van der Waals surface area (Å²) in [7, 11) is 1.61. The zero-order chi connectivity index (χ0) is 13.7. The molecule has 0 bridgehead atoms. The van der Waals surface area contributed by atoms with Crippen LogP contribution in [0.25, 0.3) is 0 Å². The molecule has 5 nitrogen and oxygen atoms in total. The maximum Gasteiger partial charge on any atom is 0.210 e. The largest absolute Gasteiger partial charge is 0.354 e. The normalized spacial score (nSPS) is 19.7. The highest BCUT2D eigenvalue weighted by atomic mass is 16.5. The molecule has 0 aromatic carbocycles. The Morgan fingerprint density at radius 1 is 1.37 bits per heavy atom. The summed E-state index contributed by atoms with van der Waals surface area (Å²) >= 11 is 0. The van der Waals surface area contributed by atoms with Gasteiger partial charge in [0, 0.05) is 45.9 Å². The quantitative estimate of drug-likeness (QED) is 0.820. The van der Waals surface area contributed by atoms with Gasteiger partial charge in [0.15, 0.2) is 0 Å². The van der Waals surface area contributed by atoms with Crippen molar-refractivity contribution >= 4 is 5.82 Å². The topological polar surface area (TPSA) is 52.4 Å². The zero-order valence-corrected chi connectivity index (χ0v) is 11.5. The van der Waals surface area contributed by atoms with Gasteiger partial charge in [-0.1, -0.05) is 13.0 Å². The first kappa shape index (κ1) is 13.8. The van der Waals surface area contributed by atoms with E-state index in [2.05, 4.69) is 20.9 Å². The summed E-state index contributed by atoms with van der Waals surface area (Å²) < 4.78 is 5.45. The van der Waals surface area contributed by atoms with E-state index in [-0.39, 0.29) is 0 Å². The first-order valence-corrected chi connectivity index (χ1v) is 6.63. The first-order chi connectivity index (χ1) is 9.25. The molecule has 1 atom stereocenters. The Balaban J connectivity index is 2.02. The number of nitrogens with zero attached hydrogens (tertiary/aromatic N) is 4. The molecule has 1 aromatic rings. The Bertz CT molecular complexity index is 431. The van der Waals surface area contributed by atoms with Gasteiger partial charge < -0.3 is 9.64 Å². The summed E-state index contributed by atoms with van der Waals surface area (Å²) in [5.74, 6) is 0.999. The lowest BCUT2D eigenvalue weighted by Crippen LogP contribution is -2.57. The van der Waals surface area contributed by atoms with Crippen molar-refractivity contribution in [2.45, 2.75) is 19.1 Å². The number of ether oxygens (including phenoxy) is 1. The third-order valence-electron chi connectivity index (χ3n) is 3.76. The van der Waals surface area contributed by atoms with Crippen LogP contribution in [0, 0.1) is 11.3 Å². The van der Waals surface area contributed by atoms with Crippen LogP contribution in [0.2, 0.25) is 0 Å². The molecule has 5 heteroatoms. The monoisotopic (exact) mass is 260 g/mol. The Morgan fingerprint density at radius 2 is 2.11 bits per heavy atom. The summed E-state index contributed by atoms with van der Waals surface area (Å²) in [6, 6.07) is 8.24. The molecule has 0 N–H and O–H groups in total. The van der Waals surface area contributed by atoms with Gasteiger partial charge in [0.05, 0.1) is 0 Å². The van der Waals surface area contributed by atoms with Crippen LogP contribution < -0.4 is 4.90 Å². The number of pyridine rings is 1. The minimum absolute atomic E-state index is 0.670. The second-order valence-electron chi connectivity index (χ2n) is 4.62. The molecule has 1 aliphatic rings. The van der Waals surface area contributed by atoms with Gasteiger partial charge in [0.25, 0.3) is 0 Å². The lowest BCUT2D eigenvalue weighted by Gasteiger charge is -2.42. The van der Waals surface area contributed by atoms with E-state index in [1.807, 2.05) is 31.3 Å². The highest BCUT2D eigenvalue weighted by Crippen LogP contribution is 2.23. The highest BCUT2D eigenvalue weighted by molar-refractivity contribution is 5.38. The fourth-order valence-corrected chi connectivity index (χ4v) is 2.53. The first-order valence-electron chi connectivity index (χ1n) is 6.63. The van der Waals surface area contributed by atoms with Crippen LogP contribution in [0.4, 0.5) is 5.82 Å². The zero-order valence-electron chi connectivity index (χ0n) is 11.5. The van der Waals surface area contributed by atoms with E-state index >= 15 is 0 Å². The third kappa shape index (κ3) is 2.70. The van der Waals surface area contributed by atoms with E-state index in [0.29, 0.717) is 6.42 Å². The van der Waals surface area contributed by atoms with Crippen molar-refractivity contribution in [2.75, 3.05) is 38.2 Å². The molecule has 2 heterocycles. The Kier molecular flexibility index (Phi) is 4.35. The minimum Gasteiger partial charge on any atom is -0.354 e. The number of hydrogen-bond acceptors (Lipinski definition) is 5. The summed E-state index contributed by atoms with van der Waals surface area (Å²) in [6.07, 6.45) is 2.48. The van der Waals surface area contributed by atoms with E-state index in [1.165, 1.54) is 0 Å². The fraction of sp³-hybridized carbons (Fsp3) is 0.571. The second kappa shape index (κ2) is 6.00. The van der Waals surface area contributed by atoms with Crippen molar-refractivity contribution in [1.29, 1.82) is 5.26 Å². The molecule has 2 rings (SSSR count). The SMILES string of the molecule is CCC(C#N)(OC)N1CCN(c2ccccn2)CC1. The van der Waals surface area contributed by atoms with E-state index < -0.39 is 5.72 Å². The minimum atomic E-state index is -0.782. The van der Waals surface area contributed by atoms with Crippen molar-refractivity contribution in [2.24, 2.45) is 0 Å². The Hall–Kier alpha value is -1.64. The van der Waals surface area contributed by atoms with Crippen LogP contribution in [0.3, 0.4) is 0 Å².